The fourth-order valence-corrected chi connectivity index (χ4v) is 3.77. The first-order chi connectivity index (χ1) is 17.5. The third kappa shape index (κ3) is 4.73. The normalized spacial score (nSPS) is 10.6. The summed E-state index contributed by atoms with van der Waals surface area (Å²) in [6.45, 7) is 1.91. The van der Waals surface area contributed by atoms with E-state index in [1.54, 1.807) is 54.3 Å². The second kappa shape index (κ2) is 10.7. The molecule has 182 valence electrons. The predicted octanol–water partition coefficient (Wildman–Crippen LogP) is 2.67. The highest BCUT2D eigenvalue weighted by molar-refractivity contribution is 6.06. The first kappa shape index (κ1) is 24.4. The van der Waals surface area contributed by atoms with Gasteiger partial charge in [0.05, 0.1) is 18.3 Å². The van der Waals surface area contributed by atoms with Crippen molar-refractivity contribution in [2.75, 3.05) is 31.7 Å². The Morgan fingerprint density at radius 1 is 1.17 bits per heavy atom. The Bertz CT molecular complexity index is 1460. The maximum Gasteiger partial charge on any atom is 0.259 e. The van der Waals surface area contributed by atoms with Crippen LogP contribution in [0.4, 0.5) is 5.82 Å². The van der Waals surface area contributed by atoms with Gasteiger partial charge >= 0.3 is 0 Å². The molecule has 3 aromatic heterocycles. The number of aliphatic hydroxyl groups is 1. The third-order valence-electron chi connectivity index (χ3n) is 5.59. The summed E-state index contributed by atoms with van der Waals surface area (Å²) in [7, 11) is 1.58. The molecule has 2 amide bonds. The third-order valence-corrected chi connectivity index (χ3v) is 5.59. The number of nitriles is 1. The first-order valence-electron chi connectivity index (χ1n) is 11.3. The lowest BCUT2D eigenvalue weighted by atomic mass is 10.0. The lowest BCUT2D eigenvalue weighted by molar-refractivity contribution is 0.0960. The molecule has 3 heterocycles. The van der Waals surface area contributed by atoms with Crippen molar-refractivity contribution in [2.24, 2.45) is 0 Å². The maximum atomic E-state index is 13.5. The summed E-state index contributed by atoms with van der Waals surface area (Å²) < 4.78 is 7.06. The molecule has 0 aliphatic rings. The van der Waals surface area contributed by atoms with Crippen LogP contribution in [0.25, 0.3) is 16.6 Å². The van der Waals surface area contributed by atoms with Gasteiger partial charge in [0.2, 0.25) is 5.88 Å². The Hall–Kier alpha value is -4.75. The van der Waals surface area contributed by atoms with E-state index in [1.165, 1.54) is 11.0 Å². The Morgan fingerprint density at radius 2 is 1.94 bits per heavy atom. The zero-order chi connectivity index (χ0) is 25.7. The van der Waals surface area contributed by atoms with E-state index in [1.807, 2.05) is 25.1 Å². The molecule has 1 aromatic carbocycles. The lowest BCUT2D eigenvalue weighted by Crippen LogP contribution is -2.31. The summed E-state index contributed by atoms with van der Waals surface area (Å²) in [5.74, 6) is -0.0698. The summed E-state index contributed by atoms with van der Waals surface area (Å²) in [6, 6.07) is 15.7. The monoisotopic (exact) mass is 484 g/mol. The van der Waals surface area contributed by atoms with Gasteiger partial charge in [-0.05, 0) is 48.9 Å². The largest absolute Gasteiger partial charge is 0.474 e. The van der Waals surface area contributed by atoms with Gasteiger partial charge in [-0.15, -0.1) is 0 Å². The van der Waals surface area contributed by atoms with Crippen molar-refractivity contribution in [2.45, 2.75) is 6.92 Å². The number of benzene rings is 1. The minimum atomic E-state index is -0.285. The number of hydrogen-bond donors (Lipinski definition) is 2. The number of nitrogens with zero attached hydrogens (tertiary/aromatic N) is 5. The van der Waals surface area contributed by atoms with Gasteiger partial charge < -0.3 is 15.2 Å². The number of anilines is 1. The minimum Gasteiger partial charge on any atom is -0.474 e. The van der Waals surface area contributed by atoms with Gasteiger partial charge in [0.15, 0.2) is 0 Å². The molecule has 4 aromatic rings. The van der Waals surface area contributed by atoms with Crippen molar-refractivity contribution in [3.63, 3.8) is 0 Å². The number of aliphatic hydroxyl groups excluding tert-OH is 1. The lowest BCUT2D eigenvalue weighted by Gasteiger charge is -2.21. The SMILES string of the molecule is CCN(C(=O)c1ccn2ncc(-c3ccc(C(=O)NC)cc3)c2c1)c1ccc(C#N)c(OCCO)n1. The fourth-order valence-electron chi connectivity index (χ4n) is 3.77. The molecule has 0 fully saturated rings. The number of hydrogen-bond acceptors (Lipinski definition) is 7. The number of pyridine rings is 2. The molecule has 0 aliphatic carbocycles. The van der Waals surface area contributed by atoms with Gasteiger partial charge in [0.1, 0.15) is 24.1 Å². The van der Waals surface area contributed by atoms with Crippen LogP contribution in [-0.2, 0) is 0 Å². The fraction of sp³-hybridized carbons (Fsp3) is 0.192. The number of amides is 2. The molecule has 10 nitrogen and oxygen atoms in total. The van der Waals surface area contributed by atoms with E-state index in [4.69, 9.17) is 9.84 Å². The van der Waals surface area contributed by atoms with Crippen molar-refractivity contribution in [3.8, 4) is 23.1 Å². The van der Waals surface area contributed by atoms with Crippen molar-refractivity contribution < 1.29 is 19.4 Å². The molecule has 0 saturated carbocycles. The highest BCUT2D eigenvalue weighted by Crippen LogP contribution is 2.27. The highest BCUT2D eigenvalue weighted by Gasteiger charge is 2.21. The van der Waals surface area contributed by atoms with E-state index in [9.17, 15) is 14.9 Å². The Kier molecular flexibility index (Phi) is 7.23. The van der Waals surface area contributed by atoms with E-state index < -0.39 is 0 Å². The summed E-state index contributed by atoms with van der Waals surface area (Å²) in [5, 5.41) is 25.3. The number of aromatic nitrogens is 3. The topological polar surface area (TPSA) is 133 Å². The molecular weight excluding hydrogens is 460 g/mol. The van der Waals surface area contributed by atoms with Gasteiger partial charge in [-0.3, -0.25) is 14.5 Å². The highest BCUT2D eigenvalue weighted by atomic mass is 16.5. The van der Waals surface area contributed by atoms with E-state index in [2.05, 4.69) is 15.4 Å². The molecule has 4 rings (SSSR count). The average molecular weight is 485 g/mol. The molecule has 0 saturated heterocycles. The molecule has 36 heavy (non-hydrogen) atoms. The van der Waals surface area contributed by atoms with Gasteiger partial charge in [-0.2, -0.15) is 15.3 Å². The van der Waals surface area contributed by atoms with E-state index >= 15 is 0 Å². The van der Waals surface area contributed by atoms with Crippen LogP contribution in [0.3, 0.4) is 0 Å². The zero-order valence-corrected chi connectivity index (χ0v) is 19.8. The number of rotatable bonds is 8. The van der Waals surface area contributed by atoms with E-state index in [-0.39, 0.29) is 36.5 Å². The maximum absolute atomic E-state index is 13.5. The van der Waals surface area contributed by atoms with Crippen molar-refractivity contribution in [1.29, 1.82) is 5.26 Å². The van der Waals surface area contributed by atoms with Crippen molar-refractivity contribution in [1.82, 2.24) is 19.9 Å². The summed E-state index contributed by atoms with van der Waals surface area (Å²) in [6.07, 6.45) is 3.42. The van der Waals surface area contributed by atoms with E-state index in [0.29, 0.717) is 23.5 Å². The second-order valence-electron chi connectivity index (χ2n) is 7.72. The van der Waals surface area contributed by atoms with Crippen LogP contribution < -0.4 is 15.0 Å². The van der Waals surface area contributed by atoms with Crippen LogP contribution in [0.5, 0.6) is 5.88 Å². The number of carbonyl (C=O) groups is 2. The predicted molar refractivity (Wildman–Crippen MR) is 133 cm³/mol. The molecule has 2 N–H and O–H groups in total. The summed E-state index contributed by atoms with van der Waals surface area (Å²) in [5.41, 5.74) is 3.58. The smallest absolute Gasteiger partial charge is 0.259 e. The Labute approximate surface area is 207 Å². The van der Waals surface area contributed by atoms with Crippen molar-refractivity contribution >= 4 is 23.1 Å². The van der Waals surface area contributed by atoms with Gasteiger partial charge in [0.25, 0.3) is 11.8 Å². The Morgan fingerprint density at radius 3 is 2.61 bits per heavy atom. The van der Waals surface area contributed by atoms with E-state index in [0.717, 1.165) is 16.6 Å². The Balaban J connectivity index is 1.68. The van der Waals surface area contributed by atoms with Crippen molar-refractivity contribution in [3.05, 3.63) is 77.6 Å². The molecule has 0 bridgehead atoms. The van der Waals surface area contributed by atoms with Crippen LogP contribution in [-0.4, -0.2) is 58.3 Å². The first-order valence-corrected chi connectivity index (χ1v) is 11.3. The molecule has 0 spiro atoms. The number of carbonyl (C=O) groups excluding carboxylic acids is 2. The van der Waals surface area contributed by atoms with Crippen LogP contribution in [0.1, 0.15) is 33.2 Å². The number of ether oxygens (including phenoxy) is 1. The van der Waals surface area contributed by atoms with Crippen LogP contribution in [0, 0.1) is 11.3 Å². The molecule has 0 radical (unpaired) electrons. The quantitative estimate of drug-likeness (QED) is 0.393. The summed E-state index contributed by atoms with van der Waals surface area (Å²) >= 11 is 0. The standard InChI is InChI=1S/C26H24N6O4/c1-3-31(23-9-8-20(15-27)25(30-23)36-13-12-33)26(35)19-10-11-32-22(14-19)21(16-29-32)17-4-6-18(7-5-17)24(34)28-2/h4-11,14,16,33H,3,12-13H2,1-2H3,(H,28,34). The molecular formula is C26H24N6O4. The number of fused-ring (bicyclic) bond motifs is 1. The van der Waals surface area contributed by atoms with Gasteiger partial charge in [-0.1, -0.05) is 12.1 Å². The molecule has 0 aliphatic heterocycles. The summed E-state index contributed by atoms with van der Waals surface area (Å²) in [4.78, 5) is 31.2. The zero-order valence-electron chi connectivity index (χ0n) is 19.8. The molecule has 10 heteroatoms. The van der Waals surface area contributed by atoms with Crippen LogP contribution in [0.2, 0.25) is 0 Å². The number of nitrogens with one attached hydrogen (secondary N) is 1. The van der Waals surface area contributed by atoms with Crippen LogP contribution in [0.15, 0.2) is 60.9 Å². The van der Waals surface area contributed by atoms with Gasteiger partial charge in [0, 0.05) is 36.5 Å². The second-order valence-corrected chi connectivity index (χ2v) is 7.72. The average Bonchev–Trinajstić information content (AvgIpc) is 3.35. The van der Waals surface area contributed by atoms with Crippen LogP contribution >= 0.6 is 0 Å². The minimum absolute atomic E-state index is 0.0179. The molecule has 0 atom stereocenters. The molecule has 0 unspecified atom stereocenters. The van der Waals surface area contributed by atoms with Gasteiger partial charge in [-0.25, -0.2) is 4.52 Å².